The lowest BCUT2D eigenvalue weighted by Crippen LogP contribution is -2.41. The van der Waals surface area contributed by atoms with Crippen molar-refractivity contribution < 1.29 is 9.84 Å². The number of aromatic hydroxyl groups is 1. The molecule has 24 heavy (non-hydrogen) atoms. The van der Waals surface area contributed by atoms with E-state index < -0.39 is 0 Å². The van der Waals surface area contributed by atoms with Crippen molar-refractivity contribution in [3.8, 4) is 11.5 Å². The Kier molecular flexibility index (Phi) is 4.52. The summed E-state index contributed by atoms with van der Waals surface area (Å²) in [6.45, 7) is 12.0. The molecule has 1 atom stereocenters. The normalized spacial score (nSPS) is 16.5. The molecule has 1 N–H and O–H groups in total. The second kappa shape index (κ2) is 6.60. The molecule has 1 heterocycles. The van der Waals surface area contributed by atoms with Crippen LogP contribution in [-0.2, 0) is 6.42 Å². The van der Waals surface area contributed by atoms with Crippen molar-refractivity contribution in [2.75, 3.05) is 18.0 Å². The Bertz CT molecular complexity index is 766. The minimum atomic E-state index is 0.0563. The fraction of sp³-hybridized carbons (Fsp3) is 0.333. The molecule has 0 fully saturated rings. The van der Waals surface area contributed by atoms with Gasteiger partial charge in [0.05, 0.1) is 12.2 Å². The van der Waals surface area contributed by atoms with E-state index >= 15 is 0 Å². The van der Waals surface area contributed by atoms with Crippen molar-refractivity contribution in [3.63, 3.8) is 0 Å². The minimum absolute atomic E-state index is 0.0563. The fourth-order valence-electron chi connectivity index (χ4n) is 3.19. The van der Waals surface area contributed by atoms with Gasteiger partial charge in [-0.1, -0.05) is 30.4 Å². The number of hydrogen-bond donors (Lipinski definition) is 1. The van der Waals surface area contributed by atoms with Crippen LogP contribution in [0.15, 0.2) is 48.6 Å². The van der Waals surface area contributed by atoms with Gasteiger partial charge in [0.2, 0.25) is 0 Å². The van der Waals surface area contributed by atoms with Gasteiger partial charge in [0.15, 0.2) is 0 Å². The van der Waals surface area contributed by atoms with Crippen LogP contribution in [0, 0.1) is 13.8 Å². The Morgan fingerprint density at radius 3 is 2.71 bits per heavy atom. The third-order valence-corrected chi connectivity index (χ3v) is 4.50. The monoisotopic (exact) mass is 323 g/mol. The van der Waals surface area contributed by atoms with E-state index in [1.807, 2.05) is 13.0 Å². The Morgan fingerprint density at radius 2 is 2.00 bits per heavy atom. The minimum Gasteiger partial charge on any atom is -0.508 e. The third kappa shape index (κ3) is 3.56. The molecule has 0 spiro atoms. The molecule has 126 valence electrons. The lowest BCUT2D eigenvalue weighted by molar-refractivity contribution is 0.194. The molecular weight excluding hydrogens is 298 g/mol. The SMILES string of the molecule is C=C(C)CN1CC(Cc2ccc(C)c(C)c2)Oc2cc(O)ccc21. The summed E-state index contributed by atoms with van der Waals surface area (Å²) in [5, 5.41) is 9.78. The molecule has 0 radical (unpaired) electrons. The fourth-order valence-corrected chi connectivity index (χ4v) is 3.19. The second-order valence-corrected chi connectivity index (χ2v) is 6.85. The van der Waals surface area contributed by atoms with Crippen LogP contribution in [-0.4, -0.2) is 24.3 Å². The predicted octanol–water partition coefficient (Wildman–Crippen LogP) is 4.40. The molecule has 0 aromatic heterocycles. The van der Waals surface area contributed by atoms with Gasteiger partial charge >= 0.3 is 0 Å². The average Bonchev–Trinajstić information content (AvgIpc) is 2.50. The number of hydrogen-bond acceptors (Lipinski definition) is 3. The van der Waals surface area contributed by atoms with E-state index in [-0.39, 0.29) is 11.9 Å². The topological polar surface area (TPSA) is 32.7 Å². The van der Waals surface area contributed by atoms with Crippen LogP contribution in [0.3, 0.4) is 0 Å². The van der Waals surface area contributed by atoms with Gasteiger partial charge in [0.25, 0.3) is 0 Å². The lowest BCUT2D eigenvalue weighted by atomic mass is 10.0. The highest BCUT2D eigenvalue weighted by Gasteiger charge is 2.26. The van der Waals surface area contributed by atoms with Crippen LogP contribution in [0.4, 0.5) is 5.69 Å². The number of nitrogens with zero attached hydrogens (tertiary/aromatic N) is 1. The van der Waals surface area contributed by atoms with Gasteiger partial charge in [0, 0.05) is 19.0 Å². The molecule has 0 saturated carbocycles. The summed E-state index contributed by atoms with van der Waals surface area (Å²) in [4.78, 5) is 2.28. The highest BCUT2D eigenvalue weighted by atomic mass is 16.5. The van der Waals surface area contributed by atoms with Crippen molar-refractivity contribution in [1.82, 2.24) is 0 Å². The summed E-state index contributed by atoms with van der Waals surface area (Å²) < 4.78 is 6.17. The van der Waals surface area contributed by atoms with E-state index in [0.717, 1.165) is 36.5 Å². The number of anilines is 1. The standard InChI is InChI=1S/C21H25NO2/c1-14(2)12-22-13-19(10-17-6-5-15(3)16(4)9-17)24-21-11-18(23)7-8-20(21)22/h5-9,11,19,23H,1,10,12-13H2,2-4H3. The Morgan fingerprint density at radius 1 is 1.21 bits per heavy atom. The summed E-state index contributed by atoms with van der Waals surface area (Å²) in [5.74, 6) is 0.979. The van der Waals surface area contributed by atoms with E-state index in [9.17, 15) is 5.11 Å². The van der Waals surface area contributed by atoms with Gasteiger partial charge in [-0.25, -0.2) is 0 Å². The molecular formula is C21H25NO2. The molecule has 0 amide bonds. The summed E-state index contributed by atoms with van der Waals surface area (Å²) >= 11 is 0. The molecule has 1 unspecified atom stereocenters. The first-order valence-corrected chi connectivity index (χ1v) is 8.37. The van der Waals surface area contributed by atoms with Crippen LogP contribution in [0.25, 0.3) is 0 Å². The van der Waals surface area contributed by atoms with Gasteiger partial charge in [-0.05, 0) is 49.6 Å². The van der Waals surface area contributed by atoms with Crippen molar-refractivity contribution in [3.05, 3.63) is 65.2 Å². The first kappa shape index (κ1) is 16.4. The summed E-state index contributed by atoms with van der Waals surface area (Å²) in [7, 11) is 0. The largest absolute Gasteiger partial charge is 0.508 e. The molecule has 2 aromatic rings. The third-order valence-electron chi connectivity index (χ3n) is 4.50. The summed E-state index contributed by atoms with van der Waals surface area (Å²) in [6.07, 6.45) is 0.906. The van der Waals surface area contributed by atoms with Gasteiger partial charge < -0.3 is 14.7 Å². The van der Waals surface area contributed by atoms with Gasteiger partial charge in [0.1, 0.15) is 17.6 Å². The molecule has 3 heteroatoms. The van der Waals surface area contributed by atoms with E-state index in [0.29, 0.717) is 0 Å². The maximum Gasteiger partial charge on any atom is 0.146 e. The van der Waals surface area contributed by atoms with Crippen molar-refractivity contribution in [2.45, 2.75) is 33.3 Å². The molecule has 3 rings (SSSR count). The highest BCUT2D eigenvalue weighted by Crippen LogP contribution is 2.37. The molecule has 0 aliphatic carbocycles. The van der Waals surface area contributed by atoms with E-state index in [2.05, 4.69) is 43.5 Å². The van der Waals surface area contributed by atoms with Crippen LogP contribution in [0.5, 0.6) is 11.5 Å². The average molecular weight is 323 g/mol. The Balaban J connectivity index is 1.85. The van der Waals surface area contributed by atoms with Crippen LogP contribution in [0.2, 0.25) is 0 Å². The lowest BCUT2D eigenvalue weighted by Gasteiger charge is -2.36. The molecule has 0 saturated heterocycles. The first-order valence-electron chi connectivity index (χ1n) is 8.37. The van der Waals surface area contributed by atoms with Gasteiger partial charge in [-0.15, -0.1) is 0 Å². The van der Waals surface area contributed by atoms with Crippen LogP contribution in [0.1, 0.15) is 23.6 Å². The van der Waals surface area contributed by atoms with Crippen molar-refractivity contribution in [2.24, 2.45) is 0 Å². The maximum atomic E-state index is 9.78. The molecule has 3 nitrogen and oxygen atoms in total. The number of phenolic OH excluding ortho intramolecular Hbond substituents is 1. The number of rotatable bonds is 4. The van der Waals surface area contributed by atoms with Gasteiger partial charge in [-0.3, -0.25) is 0 Å². The summed E-state index contributed by atoms with van der Waals surface area (Å²) in [5.41, 5.74) is 6.03. The van der Waals surface area contributed by atoms with E-state index in [1.54, 1.807) is 12.1 Å². The maximum absolute atomic E-state index is 9.78. The van der Waals surface area contributed by atoms with Crippen molar-refractivity contribution in [1.29, 1.82) is 0 Å². The molecule has 2 aromatic carbocycles. The quantitative estimate of drug-likeness (QED) is 0.847. The predicted molar refractivity (Wildman–Crippen MR) is 99.2 cm³/mol. The van der Waals surface area contributed by atoms with Crippen molar-refractivity contribution >= 4 is 5.69 Å². The molecule has 1 aliphatic rings. The highest BCUT2D eigenvalue weighted by molar-refractivity contribution is 5.63. The second-order valence-electron chi connectivity index (χ2n) is 6.85. The zero-order valence-corrected chi connectivity index (χ0v) is 14.7. The number of ether oxygens (including phenoxy) is 1. The van der Waals surface area contributed by atoms with Gasteiger partial charge in [-0.2, -0.15) is 0 Å². The number of phenols is 1. The van der Waals surface area contributed by atoms with Crippen LogP contribution < -0.4 is 9.64 Å². The summed E-state index contributed by atoms with van der Waals surface area (Å²) in [6, 6.07) is 11.9. The Hall–Kier alpha value is -2.42. The zero-order chi connectivity index (χ0) is 17.3. The smallest absolute Gasteiger partial charge is 0.146 e. The zero-order valence-electron chi connectivity index (χ0n) is 14.7. The van der Waals surface area contributed by atoms with E-state index in [1.165, 1.54) is 16.7 Å². The molecule has 0 bridgehead atoms. The first-order chi connectivity index (χ1) is 11.4. The number of aryl methyl sites for hydroxylation is 2. The number of benzene rings is 2. The number of fused-ring (bicyclic) bond motifs is 1. The van der Waals surface area contributed by atoms with E-state index in [4.69, 9.17) is 4.74 Å². The van der Waals surface area contributed by atoms with Crippen LogP contribution >= 0.6 is 0 Å². The molecule has 1 aliphatic heterocycles. The Labute approximate surface area is 144 Å².